The van der Waals surface area contributed by atoms with Crippen LogP contribution in [0.2, 0.25) is 0 Å². The maximum absolute atomic E-state index is 12.2. The Morgan fingerprint density at radius 2 is 1.62 bits per heavy atom. The average molecular weight is 283 g/mol. The lowest BCUT2D eigenvalue weighted by molar-refractivity contribution is -0.122. The summed E-state index contributed by atoms with van der Waals surface area (Å²) in [7, 11) is 0. The minimum atomic E-state index is -0.548. The van der Waals surface area contributed by atoms with E-state index in [9.17, 15) is 4.79 Å². The molecule has 0 aliphatic rings. The van der Waals surface area contributed by atoms with Gasteiger partial charge in [0.1, 0.15) is 5.75 Å². The van der Waals surface area contributed by atoms with Gasteiger partial charge in [-0.2, -0.15) is 0 Å². The van der Waals surface area contributed by atoms with Crippen molar-refractivity contribution in [2.24, 2.45) is 0 Å². The van der Waals surface area contributed by atoms with Crippen molar-refractivity contribution in [1.29, 1.82) is 0 Å². The highest BCUT2D eigenvalue weighted by molar-refractivity contribution is 5.94. The molecule has 0 aliphatic carbocycles. The number of rotatable bonds is 4. The third-order valence-corrected chi connectivity index (χ3v) is 3.34. The number of benzene rings is 2. The number of anilines is 1. The molecule has 1 unspecified atom stereocenters. The van der Waals surface area contributed by atoms with E-state index in [1.165, 1.54) is 5.56 Å². The van der Waals surface area contributed by atoms with Crippen LogP contribution in [-0.4, -0.2) is 12.0 Å². The molecule has 0 heterocycles. The molecular formula is C18H21NO2. The van der Waals surface area contributed by atoms with Crippen LogP contribution in [0.1, 0.15) is 23.6 Å². The fraction of sp³-hybridized carbons (Fsp3) is 0.278. The van der Waals surface area contributed by atoms with E-state index in [0.29, 0.717) is 5.75 Å². The van der Waals surface area contributed by atoms with E-state index < -0.39 is 6.10 Å². The summed E-state index contributed by atoms with van der Waals surface area (Å²) < 4.78 is 5.65. The van der Waals surface area contributed by atoms with E-state index in [0.717, 1.165) is 16.8 Å². The maximum atomic E-state index is 12.2. The van der Waals surface area contributed by atoms with Crippen molar-refractivity contribution >= 4 is 11.6 Å². The van der Waals surface area contributed by atoms with Gasteiger partial charge in [-0.3, -0.25) is 4.79 Å². The fourth-order valence-corrected chi connectivity index (χ4v) is 2.06. The molecule has 3 heteroatoms. The van der Waals surface area contributed by atoms with E-state index in [2.05, 4.69) is 5.32 Å². The molecule has 0 spiro atoms. The largest absolute Gasteiger partial charge is 0.481 e. The van der Waals surface area contributed by atoms with E-state index in [-0.39, 0.29) is 5.91 Å². The van der Waals surface area contributed by atoms with E-state index in [1.807, 2.05) is 63.2 Å². The standard InChI is InChI=1S/C18H21NO2/c1-12-5-8-16(9-6-12)21-15(4)18(20)19-17-10-7-13(2)11-14(17)3/h5-11,15H,1-4H3,(H,19,20). The maximum Gasteiger partial charge on any atom is 0.265 e. The van der Waals surface area contributed by atoms with Crippen molar-refractivity contribution in [3.8, 4) is 5.75 Å². The Hall–Kier alpha value is -2.29. The molecule has 2 aromatic rings. The highest BCUT2D eigenvalue weighted by Crippen LogP contribution is 2.18. The Balaban J connectivity index is 2.00. The van der Waals surface area contributed by atoms with Crippen molar-refractivity contribution in [1.82, 2.24) is 0 Å². The quantitative estimate of drug-likeness (QED) is 0.920. The predicted molar refractivity (Wildman–Crippen MR) is 85.8 cm³/mol. The first-order chi connectivity index (χ1) is 9.95. The van der Waals surface area contributed by atoms with Crippen LogP contribution in [0, 0.1) is 20.8 Å². The Labute approximate surface area is 126 Å². The van der Waals surface area contributed by atoms with Crippen LogP contribution in [0.3, 0.4) is 0 Å². The van der Waals surface area contributed by atoms with Crippen LogP contribution in [-0.2, 0) is 4.79 Å². The van der Waals surface area contributed by atoms with Gasteiger partial charge in [0.05, 0.1) is 0 Å². The minimum Gasteiger partial charge on any atom is -0.481 e. The number of amides is 1. The molecule has 0 saturated heterocycles. The first-order valence-electron chi connectivity index (χ1n) is 7.07. The highest BCUT2D eigenvalue weighted by Gasteiger charge is 2.15. The molecule has 21 heavy (non-hydrogen) atoms. The Bertz CT molecular complexity index is 632. The number of nitrogens with one attached hydrogen (secondary N) is 1. The normalized spacial score (nSPS) is 11.8. The van der Waals surface area contributed by atoms with Crippen molar-refractivity contribution in [2.75, 3.05) is 5.32 Å². The van der Waals surface area contributed by atoms with Crippen LogP contribution in [0.4, 0.5) is 5.69 Å². The van der Waals surface area contributed by atoms with Gasteiger partial charge in [0.2, 0.25) is 0 Å². The SMILES string of the molecule is Cc1ccc(OC(C)C(=O)Nc2ccc(C)cc2C)cc1. The van der Waals surface area contributed by atoms with Gasteiger partial charge in [-0.15, -0.1) is 0 Å². The Kier molecular flexibility index (Phi) is 4.63. The number of hydrogen-bond acceptors (Lipinski definition) is 2. The topological polar surface area (TPSA) is 38.3 Å². The molecule has 1 amide bonds. The van der Waals surface area contributed by atoms with Gasteiger partial charge in [-0.25, -0.2) is 0 Å². The molecule has 1 N–H and O–H groups in total. The van der Waals surface area contributed by atoms with Crippen molar-refractivity contribution in [3.05, 3.63) is 59.2 Å². The summed E-state index contributed by atoms with van der Waals surface area (Å²) in [5.74, 6) is 0.548. The Morgan fingerprint density at radius 3 is 2.24 bits per heavy atom. The van der Waals surface area contributed by atoms with Crippen molar-refractivity contribution < 1.29 is 9.53 Å². The molecule has 1 atom stereocenters. The molecule has 0 aliphatic heterocycles. The zero-order chi connectivity index (χ0) is 15.4. The predicted octanol–water partition coefficient (Wildman–Crippen LogP) is 4.02. The number of hydrogen-bond donors (Lipinski definition) is 1. The summed E-state index contributed by atoms with van der Waals surface area (Å²) in [4.78, 5) is 12.2. The van der Waals surface area contributed by atoms with Crippen molar-refractivity contribution in [3.63, 3.8) is 0 Å². The van der Waals surface area contributed by atoms with Gasteiger partial charge in [0, 0.05) is 5.69 Å². The molecule has 0 saturated carbocycles. The number of carbonyl (C=O) groups excluding carboxylic acids is 1. The summed E-state index contributed by atoms with van der Waals surface area (Å²) in [5, 5.41) is 2.90. The summed E-state index contributed by atoms with van der Waals surface area (Å²) in [6.45, 7) is 7.77. The minimum absolute atomic E-state index is 0.150. The Morgan fingerprint density at radius 1 is 1.00 bits per heavy atom. The third kappa shape index (κ3) is 4.09. The summed E-state index contributed by atoms with van der Waals surface area (Å²) >= 11 is 0. The summed E-state index contributed by atoms with van der Waals surface area (Å²) in [6, 6.07) is 13.6. The van der Waals surface area contributed by atoms with Crippen LogP contribution in [0.25, 0.3) is 0 Å². The zero-order valence-corrected chi connectivity index (χ0v) is 12.9. The first kappa shape index (κ1) is 15.1. The van der Waals surface area contributed by atoms with Crippen LogP contribution in [0.5, 0.6) is 5.75 Å². The highest BCUT2D eigenvalue weighted by atomic mass is 16.5. The van der Waals surface area contributed by atoms with Crippen molar-refractivity contribution in [2.45, 2.75) is 33.8 Å². The van der Waals surface area contributed by atoms with Crippen LogP contribution < -0.4 is 10.1 Å². The molecule has 0 radical (unpaired) electrons. The van der Waals surface area contributed by atoms with Gasteiger partial charge < -0.3 is 10.1 Å². The lowest BCUT2D eigenvalue weighted by Gasteiger charge is -2.16. The molecule has 0 bridgehead atoms. The van der Waals surface area contributed by atoms with Crippen LogP contribution in [0.15, 0.2) is 42.5 Å². The second-order valence-electron chi connectivity index (χ2n) is 5.38. The second kappa shape index (κ2) is 6.44. The molecule has 110 valence electrons. The number of aryl methyl sites for hydroxylation is 3. The number of carbonyl (C=O) groups is 1. The third-order valence-electron chi connectivity index (χ3n) is 3.34. The smallest absolute Gasteiger partial charge is 0.265 e. The van der Waals surface area contributed by atoms with Gasteiger partial charge in [0.15, 0.2) is 6.10 Å². The lowest BCUT2D eigenvalue weighted by Crippen LogP contribution is -2.30. The molecular weight excluding hydrogens is 262 g/mol. The second-order valence-corrected chi connectivity index (χ2v) is 5.38. The molecule has 2 aromatic carbocycles. The molecule has 3 nitrogen and oxygen atoms in total. The summed E-state index contributed by atoms with van der Waals surface area (Å²) in [6.07, 6.45) is -0.548. The van der Waals surface area contributed by atoms with E-state index in [4.69, 9.17) is 4.74 Å². The van der Waals surface area contributed by atoms with Gasteiger partial charge >= 0.3 is 0 Å². The summed E-state index contributed by atoms with van der Waals surface area (Å²) in [5.41, 5.74) is 4.21. The monoisotopic (exact) mass is 283 g/mol. The van der Waals surface area contributed by atoms with Gasteiger partial charge in [0.25, 0.3) is 5.91 Å². The van der Waals surface area contributed by atoms with Gasteiger partial charge in [-0.1, -0.05) is 35.4 Å². The lowest BCUT2D eigenvalue weighted by atomic mass is 10.1. The fourth-order valence-electron chi connectivity index (χ4n) is 2.06. The first-order valence-corrected chi connectivity index (χ1v) is 7.07. The van der Waals surface area contributed by atoms with Crippen LogP contribution >= 0.6 is 0 Å². The molecule has 0 fully saturated rings. The van der Waals surface area contributed by atoms with E-state index >= 15 is 0 Å². The van der Waals surface area contributed by atoms with Gasteiger partial charge in [-0.05, 0) is 51.5 Å². The number of ether oxygens (including phenoxy) is 1. The average Bonchev–Trinajstić information content (AvgIpc) is 2.44. The molecule has 2 rings (SSSR count). The zero-order valence-electron chi connectivity index (χ0n) is 12.9. The molecule has 0 aromatic heterocycles. The van der Waals surface area contributed by atoms with E-state index in [1.54, 1.807) is 6.92 Å².